The normalized spacial score (nSPS) is 14.3. The summed E-state index contributed by atoms with van der Waals surface area (Å²) in [5.74, 6) is 0. The zero-order valence-electron chi connectivity index (χ0n) is 7.91. The Hall–Kier alpha value is -0.820. The molecule has 0 aliphatic carbocycles. The maximum atomic E-state index is 9.53. The van der Waals surface area contributed by atoms with E-state index in [9.17, 15) is 5.11 Å². The average molecular weight is 164 g/mol. The zero-order chi connectivity index (χ0) is 9.19. The summed E-state index contributed by atoms with van der Waals surface area (Å²) in [7, 11) is 0. The van der Waals surface area contributed by atoms with Gasteiger partial charge in [0.15, 0.2) is 0 Å². The Morgan fingerprint density at radius 1 is 1.17 bits per heavy atom. The molecule has 0 saturated heterocycles. The maximum Gasteiger partial charge on any atom is 0.0603 e. The summed E-state index contributed by atoms with van der Waals surface area (Å²) in [6, 6.07) is 10.1. The van der Waals surface area contributed by atoms with Crippen LogP contribution in [0.5, 0.6) is 0 Å². The predicted molar refractivity (Wildman–Crippen MR) is 51.1 cm³/mol. The second kappa shape index (κ2) is 3.28. The molecule has 0 aliphatic heterocycles. The van der Waals surface area contributed by atoms with Gasteiger partial charge in [0.05, 0.1) is 6.10 Å². The van der Waals surface area contributed by atoms with Gasteiger partial charge in [0.1, 0.15) is 0 Å². The highest BCUT2D eigenvalue weighted by Gasteiger charge is 2.25. The molecule has 12 heavy (non-hydrogen) atoms. The lowest BCUT2D eigenvalue weighted by Crippen LogP contribution is -2.30. The van der Waals surface area contributed by atoms with E-state index in [1.54, 1.807) is 0 Å². The van der Waals surface area contributed by atoms with Gasteiger partial charge in [0, 0.05) is 5.41 Å². The second-order valence-corrected chi connectivity index (χ2v) is 3.76. The molecule has 0 spiro atoms. The van der Waals surface area contributed by atoms with E-state index in [0.29, 0.717) is 0 Å². The first-order valence-corrected chi connectivity index (χ1v) is 4.28. The minimum Gasteiger partial charge on any atom is -0.393 e. The third kappa shape index (κ3) is 1.67. The topological polar surface area (TPSA) is 20.2 Å². The highest BCUT2D eigenvalue weighted by molar-refractivity contribution is 5.24. The number of aliphatic hydroxyl groups is 1. The number of rotatable bonds is 2. The first-order valence-electron chi connectivity index (χ1n) is 4.28. The quantitative estimate of drug-likeness (QED) is 0.711. The fourth-order valence-corrected chi connectivity index (χ4v) is 1.11. The van der Waals surface area contributed by atoms with Gasteiger partial charge < -0.3 is 5.11 Å². The van der Waals surface area contributed by atoms with Gasteiger partial charge >= 0.3 is 0 Å². The second-order valence-electron chi connectivity index (χ2n) is 3.76. The van der Waals surface area contributed by atoms with Gasteiger partial charge in [-0.2, -0.15) is 0 Å². The fourth-order valence-electron chi connectivity index (χ4n) is 1.11. The lowest BCUT2D eigenvalue weighted by atomic mass is 9.80. The van der Waals surface area contributed by atoms with E-state index >= 15 is 0 Å². The first kappa shape index (κ1) is 9.27. The molecule has 1 atom stereocenters. The van der Waals surface area contributed by atoms with Gasteiger partial charge in [-0.25, -0.2) is 0 Å². The van der Waals surface area contributed by atoms with Gasteiger partial charge in [-0.15, -0.1) is 0 Å². The van der Waals surface area contributed by atoms with Crippen molar-refractivity contribution < 1.29 is 5.11 Å². The number of hydrogen-bond donors (Lipinski definition) is 1. The molecule has 0 saturated carbocycles. The SMILES string of the molecule is C[C@@H](O)C(C)(C)c1ccccc1. The summed E-state index contributed by atoms with van der Waals surface area (Å²) >= 11 is 0. The molecule has 0 radical (unpaired) electrons. The molecule has 0 heterocycles. The molecule has 0 aromatic heterocycles. The van der Waals surface area contributed by atoms with Crippen molar-refractivity contribution in [2.24, 2.45) is 0 Å². The molecule has 0 bridgehead atoms. The highest BCUT2D eigenvalue weighted by Crippen LogP contribution is 2.26. The third-order valence-electron chi connectivity index (χ3n) is 2.56. The molecule has 1 heteroatoms. The lowest BCUT2D eigenvalue weighted by molar-refractivity contribution is 0.118. The van der Waals surface area contributed by atoms with E-state index in [4.69, 9.17) is 0 Å². The smallest absolute Gasteiger partial charge is 0.0603 e. The van der Waals surface area contributed by atoms with Crippen molar-refractivity contribution in [3.8, 4) is 0 Å². The summed E-state index contributed by atoms with van der Waals surface area (Å²) < 4.78 is 0. The minimum absolute atomic E-state index is 0.152. The zero-order valence-corrected chi connectivity index (χ0v) is 7.91. The number of hydrogen-bond acceptors (Lipinski definition) is 1. The van der Waals surface area contributed by atoms with Crippen LogP contribution in [0.2, 0.25) is 0 Å². The summed E-state index contributed by atoms with van der Waals surface area (Å²) in [5.41, 5.74) is 1.03. The van der Waals surface area contributed by atoms with Crippen molar-refractivity contribution in [2.45, 2.75) is 32.3 Å². The average Bonchev–Trinajstić information content (AvgIpc) is 2.06. The van der Waals surface area contributed by atoms with Crippen molar-refractivity contribution >= 4 is 0 Å². The highest BCUT2D eigenvalue weighted by atomic mass is 16.3. The predicted octanol–water partition coefficient (Wildman–Crippen LogP) is 2.35. The Labute approximate surface area is 74.1 Å². The maximum absolute atomic E-state index is 9.53. The van der Waals surface area contributed by atoms with Crippen LogP contribution in [0.15, 0.2) is 30.3 Å². The van der Waals surface area contributed by atoms with E-state index in [0.717, 1.165) is 0 Å². The molecule has 1 rings (SSSR count). The van der Waals surface area contributed by atoms with Crippen LogP contribution >= 0.6 is 0 Å². The van der Waals surface area contributed by atoms with Crippen molar-refractivity contribution in [1.82, 2.24) is 0 Å². The molecule has 0 aliphatic rings. The molecule has 1 aromatic rings. The molecule has 0 amide bonds. The van der Waals surface area contributed by atoms with Crippen LogP contribution in [-0.4, -0.2) is 11.2 Å². The van der Waals surface area contributed by atoms with Crippen molar-refractivity contribution in [3.05, 3.63) is 35.9 Å². The number of aliphatic hydroxyl groups excluding tert-OH is 1. The minimum atomic E-state index is -0.320. The van der Waals surface area contributed by atoms with Gasteiger partial charge in [0.25, 0.3) is 0 Å². The van der Waals surface area contributed by atoms with E-state index in [-0.39, 0.29) is 11.5 Å². The largest absolute Gasteiger partial charge is 0.393 e. The Balaban J connectivity index is 2.98. The van der Waals surface area contributed by atoms with Gasteiger partial charge in [-0.1, -0.05) is 44.2 Å². The van der Waals surface area contributed by atoms with Crippen molar-refractivity contribution in [2.75, 3.05) is 0 Å². The Kier molecular flexibility index (Phi) is 2.53. The molecular weight excluding hydrogens is 148 g/mol. The molecule has 1 nitrogen and oxygen atoms in total. The van der Waals surface area contributed by atoms with Crippen LogP contribution in [0, 0.1) is 0 Å². The van der Waals surface area contributed by atoms with Gasteiger partial charge in [0.2, 0.25) is 0 Å². The van der Waals surface area contributed by atoms with E-state index in [1.165, 1.54) is 5.56 Å². The molecule has 0 unspecified atom stereocenters. The lowest BCUT2D eigenvalue weighted by Gasteiger charge is -2.28. The Morgan fingerprint density at radius 2 is 1.67 bits per heavy atom. The fraction of sp³-hybridized carbons (Fsp3) is 0.455. The van der Waals surface area contributed by atoms with E-state index in [1.807, 2.05) is 51.1 Å². The van der Waals surface area contributed by atoms with Crippen LogP contribution < -0.4 is 0 Å². The molecule has 1 aromatic carbocycles. The van der Waals surface area contributed by atoms with Crippen LogP contribution in [-0.2, 0) is 5.41 Å². The Morgan fingerprint density at radius 3 is 2.08 bits per heavy atom. The summed E-state index contributed by atoms with van der Waals surface area (Å²) in [4.78, 5) is 0. The standard InChI is InChI=1S/C11H16O/c1-9(12)11(2,3)10-7-5-4-6-8-10/h4-9,12H,1-3H3/t9-/m1/s1. The first-order chi connectivity index (χ1) is 5.55. The van der Waals surface area contributed by atoms with Gasteiger partial charge in [-0.3, -0.25) is 0 Å². The van der Waals surface area contributed by atoms with Crippen molar-refractivity contribution in [3.63, 3.8) is 0 Å². The van der Waals surface area contributed by atoms with E-state index < -0.39 is 0 Å². The monoisotopic (exact) mass is 164 g/mol. The van der Waals surface area contributed by atoms with E-state index in [2.05, 4.69) is 0 Å². The summed E-state index contributed by atoms with van der Waals surface area (Å²) in [6.45, 7) is 5.92. The molecular formula is C11H16O. The third-order valence-corrected chi connectivity index (χ3v) is 2.56. The van der Waals surface area contributed by atoms with Crippen LogP contribution in [0.25, 0.3) is 0 Å². The molecule has 1 N–H and O–H groups in total. The Bertz CT molecular complexity index is 236. The van der Waals surface area contributed by atoms with Gasteiger partial charge in [-0.05, 0) is 12.5 Å². The summed E-state index contributed by atoms with van der Waals surface area (Å²) in [5, 5.41) is 9.53. The molecule has 0 fully saturated rings. The van der Waals surface area contributed by atoms with Crippen LogP contribution in [0.3, 0.4) is 0 Å². The van der Waals surface area contributed by atoms with Crippen LogP contribution in [0.4, 0.5) is 0 Å². The molecule has 66 valence electrons. The van der Waals surface area contributed by atoms with Crippen LogP contribution in [0.1, 0.15) is 26.3 Å². The number of benzene rings is 1. The summed E-state index contributed by atoms with van der Waals surface area (Å²) in [6.07, 6.45) is -0.320. The van der Waals surface area contributed by atoms with Crippen molar-refractivity contribution in [1.29, 1.82) is 0 Å².